The number of hydrogen-bond acceptors (Lipinski definition) is 3. The van der Waals surface area contributed by atoms with Crippen molar-refractivity contribution in [3.8, 4) is 11.5 Å². The van der Waals surface area contributed by atoms with Crippen LogP contribution in [0, 0.1) is 0 Å². The third kappa shape index (κ3) is 3.37. The standard InChI is InChI=1S/C18H21NO2/c1-20-17-5-3-2-4-16(17)13-19-10-8-14-6-7-18-15(12-14)9-11-21-18/h2-7,12,19H,8-11,13H2,1H3. The Labute approximate surface area is 125 Å². The summed E-state index contributed by atoms with van der Waals surface area (Å²) in [6, 6.07) is 14.7. The summed E-state index contributed by atoms with van der Waals surface area (Å²) in [5.74, 6) is 2.00. The Hall–Kier alpha value is -2.00. The van der Waals surface area contributed by atoms with E-state index in [4.69, 9.17) is 9.47 Å². The molecule has 1 N–H and O–H groups in total. The summed E-state index contributed by atoms with van der Waals surface area (Å²) in [4.78, 5) is 0. The van der Waals surface area contributed by atoms with Crippen LogP contribution in [0.4, 0.5) is 0 Å². The summed E-state index contributed by atoms with van der Waals surface area (Å²) in [6.07, 6.45) is 2.07. The lowest BCUT2D eigenvalue weighted by Gasteiger charge is -2.09. The molecule has 3 rings (SSSR count). The Morgan fingerprint density at radius 2 is 2.10 bits per heavy atom. The minimum atomic E-state index is 0.824. The Balaban J connectivity index is 1.50. The van der Waals surface area contributed by atoms with Crippen molar-refractivity contribution < 1.29 is 9.47 Å². The molecule has 0 fully saturated rings. The van der Waals surface area contributed by atoms with E-state index in [0.717, 1.165) is 44.0 Å². The monoisotopic (exact) mass is 283 g/mol. The first-order valence-corrected chi connectivity index (χ1v) is 7.44. The van der Waals surface area contributed by atoms with Crippen molar-refractivity contribution >= 4 is 0 Å². The molecule has 3 nitrogen and oxygen atoms in total. The maximum Gasteiger partial charge on any atom is 0.123 e. The molecule has 0 unspecified atom stereocenters. The van der Waals surface area contributed by atoms with Gasteiger partial charge in [0, 0.05) is 18.5 Å². The number of ether oxygens (including phenoxy) is 2. The van der Waals surface area contributed by atoms with Crippen molar-refractivity contribution in [3.05, 3.63) is 59.2 Å². The van der Waals surface area contributed by atoms with Gasteiger partial charge in [0.15, 0.2) is 0 Å². The van der Waals surface area contributed by atoms with Crippen molar-refractivity contribution in [3.63, 3.8) is 0 Å². The summed E-state index contributed by atoms with van der Waals surface area (Å²) in [5, 5.41) is 3.48. The Morgan fingerprint density at radius 1 is 1.19 bits per heavy atom. The van der Waals surface area contributed by atoms with Crippen LogP contribution in [0.2, 0.25) is 0 Å². The van der Waals surface area contributed by atoms with E-state index in [2.05, 4.69) is 29.6 Å². The molecule has 2 aromatic rings. The van der Waals surface area contributed by atoms with Crippen LogP contribution in [0.25, 0.3) is 0 Å². The van der Waals surface area contributed by atoms with E-state index in [1.807, 2.05) is 18.2 Å². The van der Waals surface area contributed by atoms with Gasteiger partial charge in [-0.3, -0.25) is 0 Å². The third-order valence-electron chi connectivity index (χ3n) is 3.85. The number of rotatable bonds is 6. The predicted octanol–water partition coefficient (Wildman–Crippen LogP) is 2.96. The molecule has 0 spiro atoms. The van der Waals surface area contributed by atoms with Crippen molar-refractivity contribution in [1.82, 2.24) is 5.32 Å². The summed E-state index contributed by atoms with van der Waals surface area (Å²) < 4.78 is 10.9. The highest BCUT2D eigenvalue weighted by Gasteiger charge is 2.11. The fourth-order valence-electron chi connectivity index (χ4n) is 2.70. The Kier molecular flexibility index (Phi) is 4.41. The molecule has 0 amide bonds. The number of hydrogen-bond donors (Lipinski definition) is 1. The SMILES string of the molecule is COc1ccccc1CNCCc1ccc2c(c1)CCO2. The van der Waals surface area contributed by atoms with E-state index in [-0.39, 0.29) is 0 Å². The summed E-state index contributed by atoms with van der Waals surface area (Å²) in [7, 11) is 1.71. The van der Waals surface area contributed by atoms with E-state index in [0.29, 0.717) is 0 Å². The lowest BCUT2D eigenvalue weighted by molar-refractivity contribution is 0.357. The molecule has 2 aromatic carbocycles. The molecular weight excluding hydrogens is 262 g/mol. The highest BCUT2D eigenvalue weighted by Crippen LogP contribution is 2.25. The van der Waals surface area contributed by atoms with E-state index in [1.165, 1.54) is 16.7 Å². The van der Waals surface area contributed by atoms with E-state index in [1.54, 1.807) is 7.11 Å². The van der Waals surface area contributed by atoms with Gasteiger partial charge in [-0.05, 0) is 36.2 Å². The molecule has 0 aliphatic carbocycles. The highest BCUT2D eigenvalue weighted by molar-refractivity contribution is 5.40. The first-order valence-electron chi connectivity index (χ1n) is 7.44. The van der Waals surface area contributed by atoms with Gasteiger partial charge in [-0.1, -0.05) is 30.3 Å². The molecule has 21 heavy (non-hydrogen) atoms. The van der Waals surface area contributed by atoms with Crippen LogP contribution < -0.4 is 14.8 Å². The van der Waals surface area contributed by atoms with Gasteiger partial charge in [-0.15, -0.1) is 0 Å². The molecule has 0 aromatic heterocycles. The molecule has 110 valence electrons. The minimum absolute atomic E-state index is 0.824. The average Bonchev–Trinajstić information content (AvgIpc) is 2.99. The largest absolute Gasteiger partial charge is 0.496 e. The molecule has 1 heterocycles. The summed E-state index contributed by atoms with van der Waals surface area (Å²) in [6.45, 7) is 2.61. The second-order valence-electron chi connectivity index (χ2n) is 5.28. The molecular formula is C18H21NO2. The number of methoxy groups -OCH3 is 1. The fourth-order valence-corrected chi connectivity index (χ4v) is 2.70. The molecule has 0 bridgehead atoms. The van der Waals surface area contributed by atoms with Gasteiger partial charge in [0.1, 0.15) is 11.5 Å². The molecule has 0 atom stereocenters. The molecule has 1 aliphatic heterocycles. The van der Waals surface area contributed by atoms with Crippen LogP contribution >= 0.6 is 0 Å². The quantitative estimate of drug-likeness (QED) is 0.827. The van der Waals surface area contributed by atoms with Gasteiger partial charge >= 0.3 is 0 Å². The topological polar surface area (TPSA) is 30.5 Å². The van der Waals surface area contributed by atoms with E-state index in [9.17, 15) is 0 Å². The zero-order chi connectivity index (χ0) is 14.5. The molecule has 0 saturated carbocycles. The van der Waals surface area contributed by atoms with Gasteiger partial charge in [-0.2, -0.15) is 0 Å². The maximum absolute atomic E-state index is 5.53. The highest BCUT2D eigenvalue weighted by atomic mass is 16.5. The van der Waals surface area contributed by atoms with Crippen molar-refractivity contribution in [2.24, 2.45) is 0 Å². The van der Waals surface area contributed by atoms with Crippen LogP contribution in [-0.4, -0.2) is 20.3 Å². The van der Waals surface area contributed by atoms with E-state index >= 15 is 0 Å². The van der Waals surface area contributed by atoms with Gasteiger partial charge in [0.05, 0.1) is 13.7 Å². The van der Waals surface area contributed by atoms with Crippen LogP contribution in [0.1, 0.15) is 16.7 Å². The van der Waals surface area contributed by atoms with Crippen LogP contribution in [-0.2, 0) is 19.4 Å². The van der Waals surface area contributed by atoms with Crippen LogP contribution in [0.3, 0.4) is 0 Å². The molecule has 0 radical (unpaired) electrons. The Morgan fingerprint density at radius 3 is 3.00 bits per heavy atom. The number of nitrogens with one attached hydrogen (secondary N) is 1. The van der Waals surface area contributed by atoms with Gasteiger partial charge < -0.3 is 14.8 Å². The molecule has 1 aliphatic rings. The van der Waals surface area contributed by atoms with Crippen molar-refractivity contribution in [2.75, 3.05) is 20.3 Å². The van der Waals surface area contributed by atoms with Crippen molar-refractivity contribution in [2.45, 2.75) is 19.4 Å². The van der Waals surface area contributed by atoms with E-state index < -0.39 is 0 Å². The van der Waals surface area contributed by atoms with Crippen LogP contribution in [0.15, 0.2) is 42.5 Å². The maximum atomic E-state index is 5.53. The second kappa shape index (κ2) is 6.64. The first kappa shape index (κ1) is 14.0. The molecule has 0 saturated heterocycles. The second-order valence-corrected chi connectivity index (χ2v) is 5.28. The number of fused-ring (bicyclic) bond motifs is 1. The van der Waals surface area contributed by atoms with Gasteiger partial charge in [0.2, 0.25) is 0 Å². The number of para-hydroxylation sites is 1. The first-order chi connectivity index (χ1) is 10.4. The van der Waals surface area contributed by atoms with Gasteiger partial charge in [0.25, 0.3) is 0 Å². The zero-order valence-corrected chi connectivity index (χ0v) is 12.4. The smallest absolute Gasteiger partial charge is 0.123 e. The fraction of sp³-hybridized carbons (Fsp3) is 0.333. The lowest BCUT2D eigenvalue weighted by Crippen LogP contribution is -2.17. The van der Waals surface area contributed by atoms with Crippen LogP contribution in [0.5, 0.6) is 11.5 Å². The average molecular weight is 283 g/mol. The van der Waals surface area contributed by atoms with Gasteiger partial charge in [-0.25, -0.2) is 0 Å². The zero-order valence-electron chi connectivity index (χ0n) is 12.4. The normalized spacial score (nSPS) is 12.8. The summed E-state index contributed by atoms with van der Waals surface area (Å²) >= 11 is 0. The predicted molar refractivity (Wildman–Crippen MR) is 84.0 cm³/mol. The minimum Gasteiger partial charge on any atom is -0.496 e. The summed E-state index contributed by atoms with van der Waals surface area (Å²) in [5.41, 5.74) is 3.91. The number of benzene rings is 2. The Bertz CT molecular complexity index is 610. The molecule has 3 heteroatoms. The van der Waals surface area contributed by atoms with Crippen molar-refractivity contribution in [1.29, 1.82) is 0 Å². The third-order valence-corrected chi connectivity index (χ3v) is 3.85. The lowest BCUT2D eigenvalue weighted by atomic mass is 10.1.